The minimum atomic E-state index is 0.749. The molecule has 5 heteroatoms. The van der Waals surface area contributed by atoms with Crippen molar-refractivity contribution in [1.82, 2.24) is 9.97 Å². The van der Waals surface area contributed by atoms with Crippen molar-refractivity contribution in [1.29, 1.82) is 0 Å². The fraction of sp³-hybridized carbons (Fsp3) is 0. The molecule has 0 fully saturated rings. The van der Waals surface area contributed by atoms with E-state index >= 15 is 0 Å². The summed E-state index contributed by atoms with van der Waals surface area (Å²) < 4.78 is 12.3. The zero-order valence-electron chi connectivity index (χ0n) is 23.9. The van der Waals surface area contributed by atoms with Crippen LogP contribution < -0.4 is 4.90 Å². The molecule has 0 spiro atoms. The van der Waals surface area contributed by atoms with Gasteiger partial charge in [-0.25, -0.2) is 9.97 Å². The molecule has 0 aliphatic rings. The number of hydrogen-bond donors (Lipinski definition) is 0. The van der Waals surface area contributed by atoms with Crippen molar-refractivity contribution in [3.63, 3.8) is 0 Å². The predicted molar refractivity (Wildman–Crippen MR) is 184 cm³/mol. The molecule has 0 aliphatic carbocycles. The minimum Gasteiger partial charge on any atom is -0.454 e. The maximum atomic E-state index is 6.15. The standard InChI is InChI=1S/C40H23N3O2/c1-2-10-26-24(9-1)17-18-25-23-31(27-11-3-4-12-28(27)38(25)26)43(36-21-19-34-39(41-36)29-13-5-7-15-32(29)44-34)37-22-20-35-40(42-37)30-14-6-8-16-33(30)45-35/h1-23H. The Kier molecular flexibility index (Phi) is 4.93. The van der Waals surface area contributed by atoms with E-state index in [0.717, 1.165) is 72.2 Å². The van der Waals surface area contributed by atoms with Crippen molar-refractivity contribution in [2.75, 3.05) is 4.90 Å². The highest BCUT2D eigenvalue weighted by Crippen LogP contribution is 2.44. The van der Waals surface area contributed by atoms with Crippen LogP contribution in [-0.4, -0.2) is 9.97 Å². The van der Waals surface area contributed by atoms with Gasteiger partial charge in [0.25, 0.3) is 0 Å². The Labute approximate surface area is 256 Å². The lowest BCUT2D eigenvalue weighted by Crippen LogP contribution is -2.13. The van der Waals surface area contributed by atoms with Crippen molar-refractivity contribution < 1.29 is 8.83 Å². The van der Waals surface area contributed by atoms with Gasteiger partial charge in [0.1, 0.15) is 33.8 Å². The van der Waals surface area contributed by atoms with Crippen LogP contribution in [0, 0.1) is 0 Å². The molecular weight excluding hydrogens is 554 g/mol. The van der Waals surface area contributed by atoms with E-state index < -0.39 is 0 Å². The molecule has 210 valence electrons. The van der Waals surface area contributed by atoms with Gasteiger partial charge < -0.3 is 8.83 Å². The number of anilines is 3. The van der Waals surface area contributed by atoms with Gasteiger partial charge in [0.2, 0.25) is 0 Å². The van der Waals surface area contributed by atoms with E-state index in [2.05, 4.69) is 83.8 Å². The van der Waals surface area contributed by atoms with Gasteiger partial charge in [0.05, 0.1) is 5.69 Å². The van der Waals surface area contributed by atoms with E-state index in [1.165, 1.54) is 21.5 Å². The number of aromatic nitrogens is 2. The third-order valence-corrected chi connectivity index (χ3v) is 8.84. The molecule has 0 unspecified atom stereocenters. The molecule has 0 bridgehead atoms. The zero-order chi connectivity index (χ0) is 29.5. The highest BCUT2D eigenvalue weighted by atomic mass is 16.3. The van der Waals surface area contributed by atoms with Crippen molar-refractivity contribution in [2.24, 2.45) is 0 Å². The Morgan fingerprint density at radius 2 is 0.911 bits per heavy atom. The molecule has 0 N–H and O–H groups in total. The SMILES string of the molecule is c1ccc2c(c1)ccc1cc(N(c3ccc4oc5ccccc5c4n3)c3ccc4oc5ccccc5c4n3)c3ccccc3c12. The first-order chi connectivity index (χ1) is 22.3. The Bertz CT molecular complexity index is 2680. The van der Waals surface area contributed by atoms with E-state index in [0.29, 0.717) is 0 Å². The van der Waals surface area contributed by atoms with Crippen LogP contribution in [0.5, 0.6) is 0 Å². The van der Waals surface area contributed by atoms with E-state index in [1.54, 1.807) is 0 Å². The molecule has 4 heterocycles. The molecule has 45 heavy (non-hydrogen) atoms. The van der Waals surface area contributed by atoms with E-state index in [9.17, 15) is 0 Å². The normalized spacial score (nSPS) is 12.0. The topological polar surface area (TPSA) is 55.3 Å². The van der Waals surface area contributed by atoms with Crippen LogP contribution in [0.25, 0.3) is 76.5 Å². The van der Waals surface area contributed by atoms with E-state index in [1.807, 2.05) is 60.7 Å². The summed E-state index contributed by atoms with van der Waals surface area (Å²) in [4.78, 5) is 12.7. The number of rotatable bonds is 3. The molecule has 10 rings (SSSR count). The summed E-state index contributed by atoms with van der Waals surface area (Å²) in [6, 6.07) is 48.0. The second-order valence-corrected chi connectivity index (χ2v) is 11.4. The largest absolute Gasteiger partial charge is 0.454 e. The number of para-hydroxylation sites is 2. The number of fused-ring (bicyclic) bond motifs is 11. The zero-order valence-corrected chi connectivity index (χ0v) is 23.9. The van der Waals surface area contributed by atoms with E-state index in [4.69, 9.17) is 18.8 Å². The first kappa shape index (κ1) is 24.3. The summed E-state index contributed by atoms with van der Waals surface area (Å²) in [6.45, 7) is 0. The van der Waals surface area contributed by atoms with Crippen LogP contribution >= 0.6 is 0 Å². The van der Waals surface area contributed by atoms with Gasteiger partial charge in [0, 0.05) is 16.2 Å². The van der Waals surface area contributed by atoms with Crippen molar-refractivity contribution in [2.45, 2.75) is 0 Å². The summed E-state index contributed by atoms with van der Waals surface area (Å²) in [5, 5.41) is 9.09. The van der Waals surface area contributed by atoms with E-state index in [-0.39, 0.29) is 0 Å². The summed E-state index contributed by atoms with van der Waals surface area (Å²) in [6.07, 6.45) is 0. The Balaban J connectivity index is 1.32. The van der Waals surface area contributed by atoms with Crippen LogP contribution in [0.3, 0.4) is 0 Å². The summed E-state index contributed by atoms with van der Waals surface area (Å²) in [7, 11) is 0. The molecule has 6 aromatic carbocycles. The minimum absolute atomic E-state index is 0.749. The van der Waals surface area contributed by atoms with Crippen molar-refractivity contribution >= 4 is 93.8 Å². The molecule has 5 nitrogen and oxygen atoms in total. The fourth-order valence-electron chi connectivity index (χ4n) is 6.82. The van der Waals surface area contributed by atoms with Crippen LogP contribution in [0.1, 0.15) is 0 Å². The lowest BCUT2D eigenvalue weighted by molar-refractivity contribution is 0.668. The first-order valence-corrected chi connectivity index (χ1v) is 15.0. The Morgan fingerprint density at radius 3 is 1.56 bits per heavy atom. The number of nitrogens with zero attached hydrogens (tertiary/aromatic N) is 3. The van der Waals surface area contributed by atoms with Gasteiger partial charge in [-0.1, -0.05) is 84.9 Å². The van der Waals surface area contributed by atoms with Crippen molar-refractivity contribution in [3.8, 4) is 0 Å². The highest BCUT2D eigenvalue weighted by molar-refractivity contribution is 6.23. The smallest absolute Gasteiger partial charge is 0.154 e. The van der Waals surface area contributed by atoms with Gasteiger partial charge in [-0.05, 0) is 81.5 Å². The number of pyridine rings is 2. The molecule has 0 radical (unpaired) electrons. The summed E-state index contributed by atoms with van der Waals surface area (Å²) >= 11 is 0. The fourth-order valence-corrected chi connectivity index (χ4v) is 6.82. The molecule has 10 aromatic rings. The quantitative estimate of drug-likeness (QED) is 0.196. The average molecular weight is 578 g/mol. The molecule has 0 amide bonds. The number of hydrogen-bond acceptors (Lipinski definition) is 5. The highest BCUT2D eigenvalue weighted by Gasteiger charge is 2.22. The maximum absolute atomic E-state index is 6.15. The molecule has 0 saturated carbocycles. The third kappa shape index (κ3) is 3.55. The lowest BCUT2D eigenvalue weighted by Gasteiger charge is -2.25. The van der Waals surface area contributed by atoms with Gasteiger partial charge in [-0.3, -0.25) is 4.90 Å². The number of furan rings is 2. The average Bonchev–Trinajstić information content (AvgIpc) is 3.66. The lowest BCUT2D eigenvalue weighted by atomic mass is 9.95. The Hall–Kier alpha value is -6.20. The predicted octanol–water partition coefficient (Wildman–Crippen LogP) is 11.2. The molecular formula is C40H23N3O2. The second-order valence-electron chi connectivity index (χ2n) is 11.4. The third-order valence-electron chi connectivity index (χ3n) is 8.84. The monoisotopic (exact) mass is 577 g/mol. The van der Waals surface area contributed by atoms with Crippen LogP contribution in [0.4, 0.5) is 17.3 Å². The molecule has 0 saturated heterocycles. The van der Waals surface area contributed by atoms with Crippen LogP contribution in [0.15, 0.2) is 148 Å². The van der Waals surface area contributed by atoms with Gasteiger partial charge in [-0.15, -0.1) is 0 Å². The maximum Gasteiger partial charge on any atom is 0.154 e. The van der Waals surface area contributed by atoms with Crippen LogP contribution in [0.2, 0.25) is 0 Å². The van der Waals surface area contributed by atoms with Gasteiger partial charge >= 0.3 is 0 Å². The van der Waals surface area contributed by atoms with Crippen molar-refractivity contribution in [3.05, 3.63) is 140 Å². The van der Waals surface area contributed by atoms with Crippen LogP contribution in [-0.2, 0) is 0 Å². The summed E-state index contributed by atoms with van der Waals surface area (Å²) in [5.41, 5.74) is 5.76. The Morgan fingerprint density at radius 1 is 0.400 bits per heavy atom. The summed E-state index contributed by atoms with van der Waals surface area (Å²) in [5.74, 6) is 1.50. The molecule has 0 aliphatic heterocycles. The number of benzene rings is 6. The first-order valence-electron chi connectivity index (χ1n) is 15.0. The second kappa shape index (κ2) is 9.15. The van der Waals surface area contributed by atoms with Gasteiger partial charge in [-0.2, -0.15) is 0 Å². The molecule has 4 aromatic heterocycles. The van der Waals surface area contributed by atoms with Gasteiger partial charge in [0.15, 0.2) is 11.2 Å². The molecule has 0 atom stereocenters.